The summed E-state index contributed by atoms with van der Waals surface area (Å²) in [7, 11) is 1.72. The Morgan fingerprint density at radius 3 is 2.48 bits per heavy atom. The van der Waals surface area contributed by atoms with Crippen LogP contribution in [0, 0.1) is 0 Å². The van der Waals surface area contributed by atoms with E-state index in [0.717, 1.165) is 22.8 Å². The molecule has 0 saturated heterocycles. The van der Waals surface area contributed by atoms with Crippen molar-refractivity contribution in [2.45, 2.75) is 13.1 Å². The van der Waals surface area contributed by atoms with Gasteiger partial charge in [-0.25, -0.2) is 4.98 Å². The minimum atomic E-state index is 0.475. The Morgan fingerprint density at radius 2 is 1.72 bits per heavy atom. The molecule has 0 spiro atoms. The number of rotatable bonds is 6. The molecule has 0 unspecified atom stereocenters. The lowest BCUT2D eigenvalue weighted by Crippen LogP contribution is -2.37. The number of nitrogens with one attached hydrogen (secondary N) is 2. The molecule has 8 nitrogen and oxygen atoms in total. The third kappa shape index (κ3) is 4.49. The molecule has 2 N–H and O–H groups in total. The lowest BCUT2D eigenvalue weighted by molar-refractivity contribution is 0.572. The summed E-state index contributed by atoms with van der Waals surface area (Å²) >= 11 is 0. The Balaban J connectivity index is 1.35. The van der Waals surface area contributed by atoms with Gasteiger partial charge in [0.2, 0.25) is 5.89 Å². The molecule has 0 aliphatic rings. The molecule has 0 bridgehead atoms. The number of hydrogen-bond donors (Lipinski definition) is 2. The molecule has 0 aliphatic heterocycles. The third-order valence-corrected chi connectivity index (χ3v) is 4.30. The molecule has 0 amide bonds. The third-order valence-electron chi connectivity index (χ3n) is 4.30. The minimum absolute atomic E-state index is 0.475. The number of hydrogen-bond acceptors (Lipinski definition) is 5. The highest BCUT2D eigenvalue weighted by atomic mass is 16.3. The van der Waals surface area contributed by atoms with Crippen molar-refractivity contribution in [3.05, 3.63) is 84.8 Å². The molecular formula is C21H21N7O. The molecule has 4 rings (SSSR count). The maximum Gasteiger partial charge on any atom is 0.226 e. The first kappa shape index (κ1) is 18.4. The van der Waals surface area contributed by atoms with Crippen LogP contribution >= 0.6 is 0 Å². The number of aliphatic imine (C=N–C) groups is 1. The summed E-state index contributed by atoms with van der Waals surface area (Å²) in [6, 6.07) is 19.8. The second kappa shape index (κ2) is 8.83. The zero-order valence-corrected chi connectivity index (χ0v) is 16.0. The fourth-order valence-corrected chi connectivity index (χ4v) is 2.84. The quantitative estimate of drug-likeness (QED) is 0.390. The second-order valence-corrected chi connectivity index (χ2v) is 6.24. The van der Waals surface area contributed by atoms with Gasteiger partial charge in [0.25, 0.3) is 0 Å². The van der Waals surface area contributed by atoms with E-state index in [-0.39, 0.29) is 0 Å². The van der Waals surface area contributed by atoms with Gasteiger partial charge in [-0.05, 0) is 24.3 Å². The molecule has 8 heteroatoms. The first-order valence-corrected chi connectivity index (χ1v) is 9.22. The molecule has 146 valence electrons. The average molecular weight is 387 g/mol. The van der Waals surface area contributed by atoms with E-state index in [1.54, 1.807) is 19.6 Å². The van der Waals surface area contributed by atoms with Crippen LogP contribution in [0.5, 0.6) is 0 Å². The van der Waals surface area contributed by atoms with Crippen LogP contribution in [0.2, 0.25) is 0 Å². The summed E-state index contributed by atoms with van der Waals surface area (Å²) in [6.07, 6.45) is 3.34. The number of para-hydroxylation sites is 1. The van der Waals surface area contributed by atoms with Crippen molar-refractivity contribution in [3.63, 3.8) is 0 Å². The summed E-state index contributed by atoms with van der Waals surface area (Å²) in [5.74, 6) is 2.02. The molecule has 2 aromatic carbocycles. The largest absolute Gasteiger partial charge is 0.444 e. The van der Waals surface area contributed by atoms with Crippen molar-refractivity contribution < 1.29 is 4.42 Å². The lowest BCUT2D eigenvalue weighted by Gasteiger charge is -2.11. The molecule has 2 aromatic heterocycles. The zero-order chi connectivity index (χ0) is 19.9. The molecule has 29 heavy (non-hydrogen) atoms. The average Bonchev–Trinajstić information content (AvgIpc) is 3.45. The van der Waals surface area contributed by atoms with Gasteiger partial charge in [0, 0.05) is 18.3 Å². The molecule has 0 saturated carbocycles. The van der Waals surface area contributed by atoms with Gasteiger partial charge < -0.3 is 15.1 Å². The molecule has 0 fully saturated rings. The van der Waals surface area contributed by atoms with Crippen molar-refractivity contribution in [1.29, 1.82) is 0 Å². The Bertz CT molecular complexity index is 1070. The summed E-state index contributed by atoms with van der Waals surface area (Å²) in [5.41, 5.74) is 2.74. The van der Waals surface area contributed by atoms with E-state index in [9.17, 15) is 0 Å². The highest BCUT2D eigenvalue weighted by molar-refractivity contribution is 5.79. The Hall–Kier alpha value is -3.94. The van der Waals surface area contributed by atoms with Crippen LogP contribution < -0.4 is 10.6 Å². The normalized spacial score (nSPS) is 11.4. The van der Waals surface area contributed by atoms with E-state index < -0.39 is 0 Å². The molecule has 0 aliphatic carbocycles. The molecule has 4 aromatic rings. The van der Waals surface area contributed by atoms with Gasteiger partial charge >= 0.3 is 0 Å². The minimum Gasteiger partial charge on any atom is -0.444 e. The lowest BCUT2D eigenvalue weighted by atomic mass is 10.2. The van der Waals surface area contributed by atoms with E-state index in [1.165, 1.54) is 0 Å². The van der Waals surface area contributed by atoms with Crippen LogP contribution in [0.25, 0.3) is 17.1 Å². The zero-order valence-electron chi connectivity index (χ0n) is 16.0. The number of aromatic nitrogens is 4. The SMILES string of the molecule is CN=C(NCc1coc(-c2ccccc2)n1)NCc1nncn1-c1ccccc1. The number of nitrogens with zero attached hydrogens (tertiary/aromatic N) is 5. The summed E-state index contributed by atoms with van der Waals surface area (Å²) in [4.78, 5) is 8.76. The van der Waals surface area contributed by atoms with Crippen molar-refractivity contribution in [2.75, 3.05) is 7.05 Å². The standard InChI is InChI=1S/C21H21N7O/c1-22-21(23-12-17-14-29-20(26-17)16-8-4-2-5-9-16)24-13-19-27-25-15-28(19)18-10-6-3-7-11-18/h2-11,14-15H,12-13H2,1H3,(H2,22,23,24). The van der Waals surface area contributed by atoms with Gasteiger partial charge in [-0.2, -0.15) is 0 Å². The molecule has 0 atom stereocenters. The smallest absolute Gasteiger partial charge is 0.226 e. The number of guanidine groups is 1. The Morgan fingerprint density at radius 1 is 1.00 bits per heavy atom. The van der Waals surface area contributed by atoms with E-state index in [2.05, 4.69) is 30.8 Å². The second-order valence-electron chi connectivity index (χ2n) is 6.24. The first-order chi connectivity index (χ1) is 14.3. The molecule has 0 radical (unpaired) electrons. The van der Waals surface area contributed by atoms with Crippen molar-refractivity contribution >= 4 is 5.96 Å². The van der Waals surface area contributed by atoms with Gasteiger partial charge in [0.05, 0.1) is 18.8 Å². The van der Waals surface area contributed by atoms with Crippen molar-refractivity contribution in [2.24, 2.45) is 4.99 Å². The van der Waals surface area contributed by atoms with E-state index >= 15 is 0 Å². The summed E-state index contributed by atoms with van der Waals surface area (Å²) in [6.45, 7) is 0.962. The first-order valence-electron chi connectivity index (χ1n) is 9.22. The van der Waals surface area contributed by atoms with Crippen LogP contribution in [0.15, 0.2) is 82.7 Å². The van der Waals surface area contributed by atoms with Gasteiger partial charge in [-0.1, -0.05) is 36.4 Å². The Kier molecular flexibility index (Phi) is 5.61. The van der Waals surface area contributed by atoms with Crippen molar-refractivity contribution in [3.8, 4) is 17.1 Å². The summed E-state index contributed by atoms with van der Waals surface area (Å²) in [5, 5.41) is 14.7. The fourth-order valence-electron chi connectivity index (χ4n) is 2.84. The maximum absolute atomic E-state index is 5.57. The van der Waals surface area contributed by atoms with Crippen molar-refractivity contribution in [1.82, 2.24) is 30.4 Å². The van der Waals surface area contributed by atoms with Gasteiger partial charge in [-0.15, -0.1) is 10.2 Å². The van der Waals surface area contributed by atoms with Crippen LogP contribution in [0.3, 0.4) is 0 Å². The summed E-state index contributed by atoms with van der Waals surface area (Å²) < 4.78 is 7.50. The molecular weight excluding hydrogens is 366 g/mol. The van der Waals surface area contributed by atoms with Crippen LogP contribution in [0.1, 0.15) is 11.5 Å². The van der Waals surface area contributed by atoms with Gasteiger partial charge in [0.15, 0.2) is 11.8 Å². The fraction of sp³-hybridized carbons (Fsp3) is 0.143. The van der Waals surface area contributed by atoms with E-state index in [1.807, 2.05) is 65.2 Å². The predicted molar refractivity (Wildman–Crippen MR) is 110 cm³/mol. The number of oxazole rings is 1. The Labute approximate surface area is 168 Å². The molecule has 2 heterocycles. The number of benzene rings is 2. The topological polar surface area (TPSA) is 93.2 Å². The van der Waals surface area contributed by atoms with E-state index in [4.69, 9.17) is 4.42 Å². The van der Waals surface area contributed by atoms with Crippen LogP contribution in [-0.4, -0.2) is 32.8 Å². The maximum atomic E-state index is 5.57. The van der Waals surface area contributed by atoms with Gasteiger partial charge in [0.1, 0.15) is 12.6 Å². The van der Waals surface area contributed by atoms with Crippen LogP contribution in [-0.2, 0) is 13.1 Å². The highest BCUT2D eigenvalue weighted by Crippen LogP contribution is 2.17. The monoisotopic (exact) mass is 387 g/mol. The predicted octanol–water partition coefficient (Wildman–Crippen LogP) is 2.79. The highest BCUT2D eigenvalue weighted by Gasteiger charge is 2.09. The van der Waals surface area contributed by atoms with Gasteiger partial charge in [-0.3, -0.25) is 9.56 Å². The van der Waals surface area contributed by atoms with Crippen LogP contribution in [0.4, 0.5) is 0 Å². The van der Waals surface area contributed by atoms with E-state index in [0.29, 0.717) is 24.9 Å².